The first-order chi connectivity index (χ1) is 15.1. The molecule has 3 aliphatic rings. The minimum Gasteiger partial charge on any atom is -0.497 e. The van der Waals surface area contributed by atoms with Gasteiger partial charge in [-0.05, 0) is 48.0 Å². The van der Waals surface area contributed by atoms with Crippen LogP contribution in [0, 0.1) is 11.8 Å². The highest BCUT2D eigenvalue weighted by atomic mass is 32.2. The third-order valence-corrected chi connectivity index (χ3v) is 7.82. The van der Waals surface area contributed by atoms with E-state index in [0.717, 1.165) is 43.1 Å². The molecule has 0 saturated carbocycles. The van der Waals surface area contributed by atoms with Crippen molar-refractivity contribution in [2.45, 2.75) is 24.0 Å². The lowest BCUT2D eigenvalue weighted by Gasteiger charge is -2.46. The number of thioether (sulfide) groups is 1. The van der Waals surface area contributed by atoms with Gasteiger partial charge in [0.25, 0.3) is 0 Å². The zero-order valence-electron chi connectivity index (χ0n) is 17.6. The molecule has 5 rings (SSSR count). The fourth-order valence-electron chi connectivity index (χ4n) is 4.52. The topological polar surface area (TPSA) is 66.8 Å². The monoisotopic (exact) mass is 457 g/mol. The molecule has 3 fully saturated rings. The summed E-state index contributed by atoms with van der Waals surface area (Å²) in [6.45, 7) is 2.30. The Morgan fingerprint density at radius 1 is 1.10 bits per heavy atom. The first kappa shape index (κ1) is 21.9. The molecular weight excluding hydrogens is 428 g/mol. The average Bonchev–Trinajstić information content (AvgIpc) is 2.82. The first-order valence-electron chi connectivity index (χ1n) is 10.6. The van der Waals surface area contributed by atoms with Gasteiger partial charge in [-0.25, -0.2) is 0 Å². The summed E-state index contributed by atoms with van der Waals surface area (Å²) < 4.78 is 5.25. The lowest BCUT2D eigenvalue weighted by atomic mass is 9.78. The lowest BCUT2D eigenvalue weighted by Crippen LogP contribution is -3.19. The standard InChI is InChI=1S/C23H28N4O2S2/c1-29-19-9-7-16(8-10-19)15-31-22-20(17-11-13-27(22)14-12-17)21(28)25-26-23(30)24-18-5-3-2-4-6-18/h2-10,17,20,22H,11-15H2,1H3,(H,25,28)(H2,24,26,30)/p+1/t20-,22+/m0/s1. The van der Waals surface area contributed by atoms with E-state index >= 15 is 0 Å². The number of para-hydroxylation sites is 1. The zero-order valence-corrected chi connectivity index (χ0v) is 19.2. The molecule has 164 valence electrons. The third kappa shape index (κ3) is 5.50. The summed E-state index contributed by atoms with van der Waals surface area (Å²) in [5.41, 5.74) is 7.88. The highest BCUT2D eigenvalue weighted by Crippen LogP contribution is 2.34. The number of carbonyl (C=O) groups excluding carboxylic acids is 1. The van der Waals surface area contributed by atoms with E-state index in [1.54, 1.807) is 7.11 Å². The van der Waals surface area contributed by atoms with Gasteiger partial charge in [0.1, 0.15) is 17.0 Å². The molecule has 0 aromatic heterocycles. The summed E-state index contributed by atoms with van der Waals surface area (Å²) in [6.07, 6.45) is 2.22. The minimum absolute atomic E-state index is 0.0206. The zero-order chi connectivity index (χ0) is 21.6. The van der Waals surface area contributed by atoms with Crippen molar-refractivity contribution in [3.05, 3.63) is 60.2 Å². The number of benzene rings is 2. The highest BCUT2D eigenvalue weighted by Gasteiger charge is 2.49. The predicted octanol–water partition coefficient (Wildman–Crippen LogP) is 2.20. The smallest absolute Gasteiger partial charge is 0.248 e. The third-order valence-electron chi connectivity index (χ3n) is 6.13. The number of fused-ring (bicyclic) bond motifs is 3. The van der Waals surface area contributed by atoms with Crippen molar-refractivity contribution in [2.75, 3.05) is 25.5 Å². The van der Waals surface area contributed by atoms with Gasteiger partial charge in [-0.3, -0.25) is 15.6 Å². The van der Waals surface area contributed by atoms with E-state index in [4.69, 9.17) is 17.0 Å². The quantitative estimate of drug-likeness (QED) is 0.394. The van der Waals surface area contributed by atoms with Crippen LogP contribution in [0.3, 0.4) is 0 Å². The maximum Gasteiger partial charge on any atom is 0.248 e. The Labute approximate surface area is 193 Å². The van der Waals surface area contributed by atoms with Gasteiger partial charge in [-0.2, -0.15) is 0 Å². The number of nitrogens with one attached hydrogen (secondary N) is 4. The van der Waals surface area contributed by atoms with Gasteiger partial charge in [-0.1, -0.05) is 42.1 Å². The molecule has 1 amide bonds. The molecule has 2 aromatic rings. The number of hydrogen-bond donors (Lipinski definition) is 4. The van der Waals surface area contributed by atoms with Crippen LogP contribution < -0.4 is 25.8 Å². The summed E-state index contributed by atoms with van der Waals surface area (Å²) in [7, 11) is 1.68. The van der Waals surface area contributed by atoms with Gasteiger partial charge < -0.3 is 15.0 Å². The van der Waals surface area contributed by atoms with E-state index in [2.05, 4.69) is 28.3 Å². The second kappa shape index (κ2) is 10.3. The Morgan fingerprint density at radius 2 is 1.81 bits per heavy atom. The van der Waals surface area contributed by atoms with E-state index in [0.29, 0.717) is 11.0 Å². The van der Waals surface area contributed by atoms with Crippen LogP contribution in [0.25, 0.3) is 0 Å². The molecule has 31 heavy (non-hydrogen) atoms. The summed E-state index contributed by atoms with van der Waals surface area (Å²) in [4.78, 5) is 14.7. The van der Waals surface area contributed by atoms with Gasteiger partial charge >= 0.3 is 0 Å². The molecule has 0 spiro atoms. The number of ether oxygens (including phenoxy) is 1. The van der Waals surface area contributed by atoms with E-state index < -0.39 is 0 Å². The molecular formula is C23H29N4O2S2+. The maximum atomic E-state index is 13.1. The van der Waals surface area contributed by atoms with Crippen LogP contribution in [-0.4, -0.2) is 36.6 Å². The van der Waals surface area contributed by atoms with Crippen molar-refractivity contribution in [1.29, 1.82) is 0 Å². The van der Waals surface area contributed by atoms with Gasteiger partial charge in [0.2, 0.25) is 5.91 Å². The average molecular weight is 458 g/mol. The molecule has 3 heterocycles. The second-order valence-corrected chi connectivity index (χ2v) is 9.57. The van der Waals surface area contributed by atoms with Gasteiger partial charge in [0.15, 0.2) is 5.11 Å². The molecule has 2 atom stereocenters. The van der Waals surface area contributed by atoms with Crippen LogP contribution in [0.5, 0.6) is 5.75 Å². The molecule has 2 bridgehead atoms. The fourth-order valence-corrected chi connectivity index (χ4v) is 6.28. The van der Waals surface area contributed by atoms with Crippen molar-refractivity contribution >= 4 is 40.7 Å². The van der Waals surface area contributed by atoms with Crippen molar-refractivity contribution in [3.63, 3.8) is 0 Å². The molecule has 0 radical (unpaired) electrons. The number of quaternary nitrogens is 1. The summed E-state index contributed by atoms with van der Waals surface area (Å²) in [5, 5.41) is 3.73. The number of amides is 1. The van der Waals surface area contributed by atoms with Crippen molar-refractivity contribution in [2.24, 2.45) is 11.8 Å². The van der Waals surface area contributed by atoms with Crippen LogP contribution in [0.15, 0.2) is 54.6 Å². The van der Waals surface area contributed by atoms with Crippen LogP contribution in [0.2, 0.25) is 0 Å². The normalized spacial score (nSPS) is 24.3. The Balaban J connectivity index is 1.35. The first-order valence-corrected chi connectivity index (χ1v) is 12.1. The van der Waals surface area contributed by atoms with Crippen LogP contribution in [0.1, 0.15) is 18.4 Å². The number of rotatable bonds is 6. The van der Waals surface area contributed by atoms with E-state index in [-0.39, 0.29) is 17.2 Å². The fraction of sp³-hybridized carbons (Fsp3) is 0.391. The van der Waals surface area contributed by atoms with Crippen molar-refractivity contribution in [1.82, 2.24) is 10.9 Å². The Hall–Kier alpha value is -2.29. The molecule has 4 N–H and O–H groups in total. The maximum absolute atomic E-state index is 13.1. The number of carbonyl (C=O) groups is 1. The van der Waals surface area contributed by atoms with Crippen molar-refractivity contribution < 1.29 is 14.4 Å². The largest absolute Gasteiger partial charge is 0.497 e. The molecule has 2 aromatic carbocycles. The molecule has 3 aliphatic heterocycles. The van der Waals surface area contributed by atoms with Gasteiger partial charge in [0, 0.05) is 24.3 Å². The number of hydrogen-bond acceptors (Lipinski definition) is 4. The van der Waals surface area contributed by atoms with Gasteiger partial charge in [-0.15, -0.1) is 0 Å². The SMILES string of the molecule is COc1ccc(CS[C@@H]2[C@H](C(=O)NNC(=S)Nc3ccccc3)C3CC[NH+]2CC3)cc1. The van der Waals surface area contributed by atoms with Gasteiger partial charge in [0.05, 0.1) is 20.2 Å². The predicted molar refractivity (Wildman–Crippen MR) is 129 cm³/mol. The van der Waals surface area contributed by atoms with E-state index in [1.807, 2.05) is 54.2 Å². The Morgan fingerprint density at radius 3 is 2.48 bits per heavy atom. The van der Waals surface area contributed by atoms with Crippen molar-refractivity contribution in [3.8, 4) is 5.75 Å². The summed E-state index contributed by atoms with van der Waals surface area (Å²) in [5.74, 6) is 2.20. The Bertz CT molecular complexity index is 886. The number of thiocarbonyl (C=S) groups is 1. The minimum atomic E-state index is -0.0206. The second-order valence-electron chi connectivity index (χ2n) is 8.04. The highest BCUT2D eigenvalue weighted by molar-refractivity contribution is 7.99. The number of piperidine rings is 3. The Kier molecular flexibility index (Phi) is 7.32. The molecule has 3 saturated heterocycles. The number of methoxy groups -OCH3 is 1. The lowest BCUT2D eigenvalue weighted by molar-refractivity contribution is -0.930. The molecule has 0 unspecified atom stereocenters. The molecule has 8 heteroatoms. The number of hydrazine groups is 1. The summed E-state index contributed by atoms with van der Waals surface area (Å²) >= 11 is 7.22. The molecule has 6 nitrogen and oxygen atoms in total. The molecule has 0 aliphatic carbocycles. The van der Waals surface area contributed by atoms with E-state index in [9.17, 15) is 4.79 Å². The number of anilines is 1. The summed E-state index contributed by atoms with van der Waals surface area (Å²) in [6, 6.07) is 17.9. The van der Waals surface area contributed by atoms with Crippen LogP contribution in [0.4, 0.5) is 5.69 Å². The van der Waals surface area contributed by atoms with Crippen LogP contribution in [-0.2, 0) is 10.5 Å². The van der Waals surface area contributed by atoms with E-state index in [1.165, 1.54) is 10.5 Å². The van der Waals surface area contributed by atoms with Crippen LogP contribution >= 0.6 is 24.0 Å².